The Morgan fingerprint density at radius 3 is 2.46 bits per heavy atom. The Labute approximate surface area is 227 Å². The van der Waals surface area contributed by atoms with Crippen LogP contribution in [0, 0.1) is 5.82 Å². The Kier molecular flexibility index (Phi) is 8.61. The van der Waals surface area contributed by atoms with Crippen molar-refractivity contribution in [3.8, 4) is 0 Å². The second kappa shape index (κ2) is 12.3. The lowest BCUT2D eigenvalue weighted by Crippen LogP contribution is -2.55. The number of piperazine rings is 2. The quantitative estimate of drug-likeness (QED) is 0.531. The lowest BCUT2D eigenvalue weighted by Gasteiger charge is -2.39. The molecule has 3 saturated heterocycles. The van der Waals surface area contributed by atoms with E-state index in [-0.39, 0.29) is 35.7 Å². The van der Waals surface area contributed by atoms with E-state index in [4.69, 9.17) is 9.57 Å². The first-order chi connectivity index (χ1) is 18.9. The molecule has 1 N–H and O–H groups in total. The Morgan fingerprint density at radius 2 is 1.79 bits per heavy atom. The summed E-state index contributed by atoms with van der Waals surface area (Å²) in [6.45, 7) is 7.53. The van der Waals surface area contributed by atoms with Crippen LogP contribution in [0.2, 0.25) is 0 Å². The maximum Gasteiger partial charge on any atom is 0.251 e. The van der Waals surface area contributed by atoms with E-state index in [1.165, 1.54) is 13.0 Å². The maximum atomic E-state index is 15.1. The van der Waals surface area contributed by atoms with Gasteiger partial charge in [-0.1, -0.05) is 11.2 Å². The van der Waals surface area contributed by atoms with Gasteiger partial charge in [-0.15, -0.1) is 0 Å². The number of carbonyl (C=O) groups excluding carboxylic acids is 3. The number of nitrogens with zero attached hydrogens (tertiary/aromatic N) is 5. The molecule has 2 atom stereocenters. The standard InChI is InChI=1S/C27H37FN6O5/c1-19(35)29-17-21-16-23(30-39-21)20-4-5-24(22(28)15-20)32-10-12-33(13-11-32)26(36)18-31-6-8-34(9-7-31)27(37)25-3-2-14-38-25/h4-5,15,21,25H,2-3,6-14,16-18H2,1H3,(H,29,35). The largest absolute Gasteiger partial charge is 0.390 e. The van der Waals surface area contributed by atoms with Crippen LogP contribution in [0.1, 0.15) is 31.7 Å². The number of anilines is 1. The van der Waals surface area contributed by atoms with E-state index in [0.717, 1.165) is 12.8 Å². The second-order valence-corrected chi connectivity index (χ2v) is 10.5. The van der Waals surface area contributed by atoms with Crippen LogP contribution in [0.3, 0.4) is 0 Å². The molecule has 0 radical (unpaired) electrons. The van der Waals surface area contributed by atoms with E-state index in [0.29, 0.717) is 95.4 Å². The Morgan fingerprint density at radius 1 is 1.05 bits per heavy atom. The molecule has 4 aliphatic rings. The molecule has 0 aliphatic carbocycles. The van der Waals surface area contributed by atoms with E-state index in [1.807, 2.05) is 20.8 Å². The van der Waals surface area contributed by atoms with Crippen LogP contribution >= 0.6 is 0 Å². The third-order valence-corrected chi connectivity index (χ3v) is 7.81. The summed E-state index contributed by atoms with van der Waals surface area (Å²) >= 11 is 0. The molecule has 1 aromatic rings. The molecule has 0 aromatic heterocycles. The van der Waals surface area contributed by atoms with E-state index in [2.05, 4.69) is 15.4 Å². The zero-order valence-corrected chi connectivity index (χ0v) is 22.4. The molecule has 1 aromatic carbocycles. The molecule has 2 unspecified atom stereocenters. The molecule has 0 bridgehead atoms. The molecule has 11 nitrogen and oxygen atoms in total. The fourth-order valence-electron chi connectivity index (χ4n) is 5.50. The predicted molar refractivity (Wildman–Crippen MR) is 142 cm³/mol. The summed E-state index contributed by atoms with van der Waals surface area (Å²) in [5.41, 5.74) is 1.82. The third-order valence-electron chi connectivity index (χ3n) is 7.81. The Hall–Kier alpha value is -3.25. The number of nitrogens with one attached hydrogen (secondary N) is 1. The third kappa shape index (κ3) is 6.67. The summed E-state index contributed by atoms with van der Waals surface area (Å²) in [6, 6.07) is 5.06. The fourth-order valence-corrected chi connectivity index (χ4v) is 5.50. The van der Waals surface area contributed by atoms with Gasteiger partial charge in [0.2, 0.25) is 11.8 Å². The smallest absolute Gasteiger partial charge is 0.251 e. The minimum absolute atomic E-state index is 0.0671. The van der Waals surface area contributed by atoms with Crippen molar-refractivity contribution in [2.45, 2.75) is 38.4 Å². The first kappa shape index (κ1) is 27.3. The summed E-state index contributed by atoms with van der Waals surface area (Å²) in [7, 11) is 0. The highest BCUT2D eigenvalue weighted by Crippen LogP contribution is 2.25. The number of amides is 3. The van der Waals surface area contributed by atoms with Gasteiger partial charge >= 0.3 is 0 Å². The topological polar surface area (TPSA) is 107 Å². The highest BCUT2D eigenvalue weighted by atomic mass is 19.1. The maximum absolute atomic E-state index is 15.1. The molecule has 39 heavy (non-hydrogen) atoms. The first-order valence-corrected chi connectivity index (χ1v) is 13.8. The lowest BCUT2D eigenvalue weighted by atomic mass is 10.0. The molecule has 4 aliphatic heterocycles. The number of rotatable bonds is 7. The van der Waals surface area contributed by atoms with Gasteiger partial charge < -0.3 is 29.6 Å². The zero-order valence-electron chi connectivity index (χ0n) is 22.4. The Balaban J connectivity index is 1.06. The molecule has 12 heteroatoms. The first-order valence-electron chi connectivity index (χ1n) is 13.8. The SMILES string of the molecule is CC(=O)NCC1CC(c2ccc(N3CCN(C(=O)CN4CCN(C(=O)C5CCCO5)CC4)CC3)c(F)c2)=NO1. The van der Waals surface area contributed by atoms with E-state index in [9.17, 15) is 14.4 Å². The van der Waals surface area contributed by atoms with Crippen LogP contribution < -0.4 is 10.2 Å². The van der Waals surface area contributed by atoms with Gasteiger partial charge in [-0.2, -0.15) is 0 Å². The number of hydrogen-bond donors (Lipinski definition) is 1. The summed E-state index contributed by atoms with van der Waals surface area (Å²) in [5, 5.41) is 6.77. The van der Waals surface area contributed by atoms with Crippen LogP contribution in [-0.2, 0) is 24.0 Å². The highest BCUT2D eigenvalue weighted by molar-refractivity contribution is 6.01. The van der Waals surface area contributed by atoms with E-state index < -0.39 is 0 Å². The molecule has 212 valence electrons. The molecular formula is C27H37FN6O5. The highest BCUT2D eigenvalue weighted by Gasteiger charge is 2.32. The molecule has 0 spiro atoms. The van der Waals surface area contributed by atoms with Crippen LogP contribution in [0.4, 0.5) is 10.1 Å². The van der Waals surface area contributed by atoms with Crippen molar-refractivity contribution in [2.75, 3.05) is 77.0 Å². The number of benzene rings is 1. The molecule has 5 rings (SSSR count). The van der Waals surface area contributed by atoms with Crippen molar-refractivity contribution >= 4 is 29.1 Å². The molecule has 3 fully saturated rings. The summed E-state index contributed by atoms with van der Waals surface area (Å²) < 4.78 is 20.6. The van der Waals surface area contributed by atoms with Gasteiger partial charge in [0.05, 0.1) is 24.5 Å². The van der Waals surface area contributed by atoms with Crippen molar-refractivity contribution in [3.63, 3.8) is 0 Å². The van der Waals surface area contributed by atoms with Crippen molar-refractivity contribution in [3.05, 3.63) is 29.6 Å². The van der Waals surface area contributed by atoms with Gasteiger partial charge in [-0.05, 0) is 25.0 Å². The number of hydrogen-bond acceptors (Lipinski definition) is 8. The molecular weight excluding hydrogens is 507 g/mol. The van der Waals surface area contributed by atoms with Gasteiger partial charge in [0.1, 0.15) is 18.0 Å². The predicted octanol–water partition coefficient (Wildman–Crippen LogP) is 0.427. The minimum Gasteiger partial charge on any atom is -0.390 e. The number of carbonyl (C=O) groups is 3. The van der Waals surface area contributed by atoms with E-state index >= 15 is 4.39 Å². The molecule has 3 amide bonds. The number of halogens is 1. The summed E-state index contributed by atoms with van der Waals surface area (Å²) in [6.07, 6.45) is 1.68. The summed E-state index contributed by atoms with van der Waals surface area (Å²) in [4.78, 5) is 49.7. The van der Waals surface area contributed by atoms with Gasteiger partial charge in [-0.3, -0.25) is 19.3 Å². The average Bonchev–Trinajstić information content (AvgIpc) is 3.65. The Bertz CT molecular complexity index is 1090. The van der Waals surface area contributed by atoms with Crippen LogP contribution in [0.15, 0.2) is 23.4 Å². The van der Waals surface area contributed by atoms with Crippen molar-refractivity contribution in [1.29, 1.82) is 0 Å². The van der Waals surface area contributed by atoms with E-state index in [1.54, 1.807) is 6.07 Å². The van der Waals surface area contributed by atoms with Crippen molar-refractivity contribution in [1.82, 2.24) is 20.0 Å². The minimum atomic E-state index is -0.337. The van der Waals surface area contributed by atoms with Gasteiger partial charge in [0, 0.05) is 77.9 Å². The number of oxime groups is 1. The fraction of sp³-hybridized carbons (Fsp3) is 0.630. The van der Waals surface area contributed by atoms with Crippen LogP contribution in [0.25, 0.3) is 0 Å². The number of ether oxygens (including phenoxy) is 1. The average molecular weight is 545 g/mol. The van der Waals surface area contributed by atoms with Crippen molar-refractivity contribution < 1.29 is 28.3 Å². The normalized spacial score (nSPS) is 23.9. The lowest BCUT2D eigenvalue weighted by molar-refractivity contribution is -0.143. The van der Waals surface area contributed by atoms with Gasteiger partial charge in [-0.25, -0.2) is 4.39 Å². The van der Waals surface area contributed by atoms with Gasteiger partial charge in [0.15, 0.2) is 0 Å². The zero-order chi connectivity index (χ0) is 27.4. The molecule has 4 heterocycles. The van der Waals surface area contributed by atoms with Gasteiger partial charge in [0.25, 0.3) is 5.91 Å². The monoisotopic (exact) mass is 544 g/mol. The van der Waals surface area contributed by atoms with Crippen LogP contribution in [-0.4, -0.2) is 122 Å². The summed E-state index contributed by atoms with van der Waals surface area (Å²) in [5.74, 6) is -0.329. The second-order valence-electron chi connectivity index (χ2n) is 10.5. The molecule has 0 saturated carbocycles. The van der Waals surface area contributed by atoms with Crippen LogP contribution in [0.5, 0.6) is 0 Å². The van der Waals surface area contributed by atoms with Crippen molar-refractivity contribution in [2.24, 2.45) is 5.16 Å².